The Labute approximate surface area is 106 Å². The summed E-state index contributed by atoms with van der Waals surface area (Å²) in [5.41, 5.74) is 1.94. The lowest BCUT2D eigenvalue weighted by Gasteiger charge is -2.05. The first-order valence-electron chi connectivity index (χ1n) is 6.02. The fourth-order valence-electron chi connectivity index (χ4n) is 1.69. The predicted octanol–water partition coefficient (Wildman–Crippen LogP) is 3.52. The van der Waals surface area contributed by atoms with Gasteiger partial charge in [-0.2, -0.15) is 4.98 Å². The van der Waals surface area contributed by atoms with Crippen LogP contribution in [-0.2, 0) is 0 Å². The number of nitrogens with one attached hydrogen (secondary N) is 2. The summed E-state index contributed by atoms with van der Waals surface area (Å²) < 4.78 is 0. The van der Waals surface area contributed by atoms with Crippen molar-refractivity contribution in [3.63, 3.8) is 0 Å². The molecule has 0 spiro atoms. The highest BCUT2D eigenvalue weighted by molar-refractivity contribution is 6.28. The second kappa shape index (κ2) is 4.92. The zero-order chi connectivity index (χ0) is 12.4. The average molecular weight is 253 g/mol. The number of anilines is 1. The van der Waals surface area contributed by atoms with Crippen LogP contribution in [0.25, 0.3) is 11.0 Å². The Morgan fingerprint density at radius 3 is 2.71 bits per heavy atom. The van der Waals surface area contributed by atoms with E-state index in [1.807, 2.05) is 27.0 Å². The topological polar surface area (TPSA) is 53.6 Å². The molecule has 2 heterocycles. The monoisotopic (exact) mass is 252 g/mol. The minimum Gasteiger partial charge on any atom is -0.367 e. The van der Waals surface area contributed by atoms with Gasteiger partial charge in [0.1, 0.15) is 11.5 Å². The van der Waals surface area contributed by atoms with E-state index in [0.717, 1.165) is 22.4 Å². The molecule has 0 unspecified atom stereocenters. The molecule has 4 nitrogen and oxygen atoms in total. The van der Waals surface area contributed by atoms with Gasteiger partial charge in [0.2, 0.25) is 5.28 Å². The van der Waals surface area contributed by atoms with E-state index in [4.69, 9.17) is 11.6 Å². The second-order valence-corrected chi connectivity index (χ2v) is 4.29. The van der Waals surface area contributed by atoms with Gasteiger partial charge in [-0.15, -0.1) is 0 Å². The highest BCUT2D eigenvalue weighted by Gasteiger charge is 2.23. The number of halogens is 1. The number of hydrogen-bond donors (Lipinski definition) is 2. The Kier molecular flexibility index (Phi) is 3.52. The van der Waals surface area contributed by atoms with Crippen LogP contribution >= 0.6 is 11.6 Å². The van der Waals surface area contributed by atoms with Crippen molar-refractivity contribution >= 4 is 28.5 Å². The number of aromatic nitrogens is 3. The zero-order valence-corrected chi connectivity index (χ0v) is 11.1. The van der Waals surface area contributed by atoms with Crippen molar-refractivity contribution in [3.05, 3.63) is 17.0 Å². The van der Waals surface area contributed by atoms with E-state index >= 15 is 0 Å². The van der Waals surface area contributed by atoms with Gasteiger partial charge in [-0.1, -0.05) is 13.8 Å². The first kappa shape index (κ1) is 12.2. The zero-order valence-electron chi connectivity index (χ0n) is 10.3. The number of nitrogens with zero attached hydrogens (tertiary/aromatic N) is 2. The van der Waals surface area contributed by atoms with Crippen LogP contribution in [0.2, 0.25) is 5.28 Å². The normalized spacial score (nSPS) is 14.4. The molecular weight excluding hydrogens is 236 g/mol. The maximum absolute atomic E-state index is 5.85. The molecule has 2 N–H and O–H groups in total. The molecule has 0 amide bonds. The molecule has 1 aliphatic rings. The fourth-order valence-corrected chi connectivity index (χ4v) is 1.85. The summed E-state index contributed by atoms with van der Waals surface area (Å²) >= 11 is 5.85. The number of H-pyrrole nitrogens is 1. The first-order valence-corrected chi connectivity index (χ1v) is 6.39. The average Bonchev–Trinajstić information content (AvgIpc) is 3.05. The molecule has 0 aliphatic heterocycles. The van der Waals surface area contributed by atoms with E-state index < -0.39 is 0 Å². The highest BCUT2D eigenvalue weighted by atomic mass is 35.5. The first-order chi connectivity index (χ1) is 8.24. The molecule has 0 aromatic carbocycles. The predicted molar refractivity (Wildman–Crippen MR) is 71.6 cm³/mol. The molecular formula is C12H17ClN4. The van der Waals surface area contributed by atoms with Gasteiger partial charge in [0, 0.05) is 12.2 Å². The van der Waals surface area contributed by atoms with Gasteiger partial charge in [-0.25, -0.2) is 4.98 Å². The largest absolute Gasteiger partial charge is 0.367 e. The molecule has 3 rings (SSSR count). The Bertz CT molecular complexity index is 516. The van der Waals surface area contributed by atoms with Crippen LogP contribution in [0.3, 0.4) is 0 Å². The smallest absolute Gasteiger partial charge is 0.226 e. The summed E-state index contributed by atoms with van der Waals surface area (Å²) in [6.07, 6.45) is 4.35. The molecule has 5 heteroatoms. The maximum Gasteiger partial charge on any atom is 0.226 e. The molecule has 1 fully saturated rings. The van der Waals surface area contributed by atoms with E-state index in [2.05, 4.69) is 20.3 Å². The van der Waals surface area contributed by atoms with Crippen LogP contribution in [0.5, 0.6) is 0 Å². The molecule has 92 valence electrons. The van der Waals surface area contributed by atoms with Crippen LogP contribution in [0, 0.1) is 6.92 Å². The minimum absolute atomic E-state index is 0.285. The van der Waals surface area contributed by atoms with Gasteiger partial charge in [-0.05, 0) is 36.9 Å². The van der Waals surface area contributed by atoms with Crippen molar-refractivity contribution in [1.29, 1.82) is 0 Å². The van der Waals surface area contributed by atoms with E-state index in [1.165, 1.54) is 12.8 Å². The van der Waals surface area contributed by atoms with E-state index in [1.54, 1.807) is 0 Å². The third kappa shape index (κ3) is 2.52. The molecule has 2 aromatic rings. The standard InChI is InChI=1S/C10H11ClN4.C2H6/c1-5-4-12-8-7(5)9(13-6-2-3-6)15-10(11)14-8;1-2/h4,6H,2-3H2,1H3,(H2,12,13,14,15);1-2H3. The van der Waals surface area contributed by atoms with Crippen LogP contribution < -0.4 is 5.32 Å². The van der Waals surface area contributed by atoms with Gasteiger partial charge < -0.3 is 10.3 Å². The van der Waals surface area contributed by atoms with Gasteiger partial charge in [0.15, 0.2) is 0 Å². The third-order valence-electron chi connectivity index (χ3n) is 2.62. The quantitative estimate of drug-likeness (QED) is 0.804. The molecule has 0 saturated heterocycles. The third-order valence-corrected chi connectivity index (χ3v) is 2.79. The lowest BCUT2D eigenvalue weighted by Crippen LogP contribution is -2.04. The number of rotatable bonds is 2. The minimum atomic E-state index is 0.285. The highest BCUT2D eigenvalue weighted by Crippen LogP contribution is 2.30. The van der Waals surface area contributed by atoms with E-state index in [0.29, 0.717) is 6.04 Å². The Morgan fingerprint density at radius 2 is 2.06 bits per heavy atom. The molecule has 2 aromatic heterocycles. The van der Waals surface area contributed by atoms with Crippen molar-refractivity contribution < 1.29 is 0 Å². The summed E-state index contributed by atoms with van der Waals surface area (Å²) in [4.78, 5) is 11.5. The van der Waals surface area contributed by atoms with Gasteiger partial charge in [0.05, 0.1) is 5.39 Å². The number of fused-ring (bicyclic) bond motifs is 1. The van der Waals surface area contributed by atoms with Crippen LogP contribution in [0.1, 0.15) is 32.3 Å². The molecule has 0 radical (unpaired) electrons. The second-order valence-electron chi connectivity index (χ2n) is 3.96. The Morgan fingerprint density at radius 1 is 1.35 bits per heavy atom. The number of aromatic amines is 1. The molecule has 17 heavy (non-hydrogen) atoms. The molecule has 1 aliphatic carbocycles. The van der Waals surface area contributed by atoms with Crippen LogP contribution in [0.4, 0.5) is 5.82 Å². The summed E-state index contributed by atoms with van der Waals surface area (Å²) in [5, 5.41) is 4.70. The molecule has 0 bridgehead atoms. The fraction of sp³-hybridized carbons (Fsp3) is 0.500. The number of aryl methyl sites for hydroxylation is 1. The summed E-state index contributed by atoms with van der Waals surface area (Å²) in [6, 6.07) is 0.563. The number of hydrogen-bond acceptors (Lipinski definition) is 3. The van der Waals surface area contributed by atoms with Gasteiger partial charge in [0.25, 0.3) is 0 Å². The van der Waals surface area contributed by atoms with Crippen molar-refractivity contribution in [1.82, 2.24) is 15.0 Å². The van der Waals surface area contributed by atoms with E-state index in [-0.39, 0.29) is 5.28 Å². The lowest BCUT2D eigenvalue weighted by atomic mass is 10.2. The van der Waals surface area contributed by atoms with Gasteiger partial charge in [-0.3, -0.25) is 0 Å². The van der Waals surface area contributed by atoms with Crippen LogP contribution in [-0.4, -0.2) is 21.0 Å². The van der Waals surface area contributed by atoms with Crippen molar-refractivity contribution in [2.75, 3.05) is 5.32 Å². The molecule has 0 atom stereocenters. The summed E-state index contributed by atoms with van der Waals surface area (Å²) in [6.45, 7) is 6.04. The van der Waals surface area contributed by atoms with Crippen LogP contribution in [0.15, 0.2) is 6.20 Å². The Hall–Kier alpha value is -1.29. The lowest BCUT2D eigenvalue weighted by molar-refractivity contribution is 1.10. The van der Waals surface area contributed by atoms with Crippen molar-refractivity contribution in [2.24, 2.45) is 0 Å². The summed E-state index contributed by atoms with van der Waals surface area (Å²) in [7, 11) is 0. The van der Waals surface area contributed by atoms with Crippen molar-refractivity contribution in [2.45, 2.75) is 39.7 Å². The Balaban J connectivity index is 0.000000514. The summed E-state index contributed by atoms with van der Waals surface area (Å²) in [5.74, 6) is 0.853. The maximum atomic E-state index is 5.85. The van der Waals surface area contributed by atoms with Gasteiger partial charge >= 0.3 is 0 Å². The SMILES string of the molecule is CC.Cc1c[nH]c2nc(Cl)nc(NC3CC3)c12. The molecule has 1 saturated carbocycles. The van der Waals surface area contributed by atoms with E-state index in [9.17, 15) is 0 Å². The van der Waals surface area contributed by atoms with Crippen molar-refractivity contribution in [3.8, 4) is 0 Å².